The van der Waals surface area contributed by atoms with Crippen LogP contribution < -0.4 is 0 Å². The Hall–Kier alpha value is -3.17. The van der Waals surface area contributed by atoms with Gasteiger partial charge < -0.3 is 4.74 Å². The molecular weight excluding hydrogens is 370 g/mol. The van der Waals surface area contributed by atoms with Crippen LogP contribution in [0, 0.1) is 0 Å². The number of hydrogen-bond acceptors (Lipinski definition) is 3. The fraction of sp³-hybridized carbons (Fsp3) is 0.222. The molecule has 30 heavy (non-hydrogen) atoms. The minimum atomic E-state index is -0.333. The molecule has 1 fully saturated rings. The van der Waals surface area contributed by atoms with Crippen molar-refractivity contribution in [2.24, 2.45) is 0 Å². The third kappa shape index (κ3) is 4.37. The number of esters is 1. The van der Waals surface area contributed by atoms with Crippen molar-refractivity contribution >= 4 is 12.0 Å². The Morgan fingerprint density at radius 2 is 1.40 bits per heavy atom. The summed E-state index contributed by atoms with van der Waals surface area (Å²) >= 11 is 0. The summed E-state index contributed by atoms with van der Waals surface area (Å²) in [6, 6.07) is 30.2. The van der Waals surface area contributed by atoms with Crippen LogP contribution in [0.25, 0.3) is 6.08 Å². The van der Waals surface area contributed by atoms with Gasteiger partial charge in [0.2, 0.25) is 0 Å². The zero-order valence-electron chi connectivity index (χ0n) is 17.4. The maximum atomic E-state index is 13.1. The molecule has 0 aliphatic carbocycles. The monoisotopic (exact) mass is 397 g/mol. The number of nitrogens with zero attached hydrogens (tertiary/aromatic N) is 1. The van der Waals surface area contributed by atoms with Crippen molar-refractivity contribution in [2.75, 3.05) is 7.05 Å². The van der Waals surface area contributed by atoms with E-state index in [2.05, 4.69) is 42.2 Å². The SMILES string of the molecule is C/C(=C\c1ccccc1)CC1C(=O)O[C@@H](c2ccccc2)[C@@H](c2ccccc2)N1C. The van der Waals surface area contributed by atoms with Gasteiger partial charge in [-0.2, -0.15) is 0 Å². The molecule has 0 N–H and O–H groups in total. The molecule has 3 aromatic carbocycles. The standard InChI is InChI=1S/C27H27NO2/c1-20(18-21-12-6-3-7-13-21)19-24-27(29)30-26(23-16-10-5-11-17-23)25(28(24)2)22-14-8-4-9-15-22/h3-18,24-26H,19H2,1-2H3/b20-18+/t24?,25-,26+/m1/s1. The van der Waals surface area contributed by atoms with Gasteiger partial charge in [-0.3, -0.25) is 9.69 Å². The van der Waals surface area contributed by atoms with E-state index in [9.17, 15) is 4.79 Å². The largest absolute Gasteiger partial charge is 0.454 e. The topological polar surface area (TPSA) is 29.5 Å². The summed E-state index contributed by atoms with van der Waals surface area (Å²) in [5.74, 6) is -0.167. The molecule has 3 aromatic rings. The molecule has 0 aromatic heterocycles. The molecule has 3 atom stereocenters. The molecule has 1 heterocycles. The maximum absolute atomic E-state index is 13.1. The highest BCUT2D eigenvalue weighted by Crippen LogP contribution is 2.42. The molecule has 152 valence electrons. The minimum Gasteiger partial charge on any atom is -0.454 e. The molecule has 0 amide bonds. The van der Waals surface area contributed by atoms with Crippen molar-refractivity contribution in [1.29, 1.82) is 0 Å². The quantitative estimate of drug-likeness (QED) is 0.508. The molecule has 3 nitrogen and oxygen atoms in total. The van der Waals surface area contributed by atoms with E-state index >= 15 is 0 Å². The van der Waals surface area contributed by atoms with Gasteiger partial charge in [0.25, 0.3) is 0 Å². The van der Waals surface area contributed by atoms with Crippen molar-refractivity contribution < 1.29 is 9.53 Å². The highest BCUT2D eigenvalue weighted by atomic mass is 16.6. The Morgan fingerprint density at radius 3 is 2.00 bits per heavy atom. The lowest BCUT2D eigenvalue weighted by molar-refractivity contribution is -0.173. The van der Waals surface area contributed by atoms with Crippen LogP contribution in [0.15, 0.2) is 96.6 Å². The molecule has 1 aliphatic heterocycles. The first-order valence-electron chi connectivity index (χ1n) is 10.4. The zero-order valence-corrected chi connectivity index (χ0v) is 17.4. The number of rotatable bonds is 5. The van der Waals surface area contributed by atoms with Crippen molar-refractivity contribution in [1.82, 2.24) is 4.90 Å². The van der Waals surface area contributed by atoms with Gasteiger partial charge in [0.1, 0.15) is 12.1 Å². The van der Waals surface area contributed by atoms with Gasteiger partial charge in [-0.05, 0) is 37.1 Å². The number of cyclic esters (lactones) is 1. The second-order valence-electron chi connectivity index (χ2n) is 7.91. The lowest BCUT2D eigenvalue weighted by atomic mass is 9.90. The average molecular weight is 398 g/mol. The summed E-state index contributed by atoms with van der Waals surface area (Å²) < 4.78 is 6.07. The number of carbonyl (C=O) groups excluding carboxylic acids is 1. The number of hydrogen-bond donors (Lipinski definition) is 0. The summed E-state index contributed by atoms with van der Waals surface area (Å²) in [6.45, 7) is 2.08. The number of ether oxygens (including phenoxy) is 1. The van der Waals surface area contributed by atoms with Crippen LogP contribution in [-0.2, 0) is 9.53 Å². The first kappa shape index (κ1) is 20.1. The van der Waals surface area contributed by atoms with E-state index in [4.69, 9.17) is 4.74 Å². The number of benzene rings is 3. The second kappa shape index (κ2) is 9.10. The molecule has 0 radical (unpaired) electrons. The van der Waals surface area contributed by atoms with Gasteiger partial charge in [0.15, 0.2) is 0 Å². The fourth-order valence-corrected chi connectivity index (χ4v) is 4.22. The van der Waals surface area contributed by atoms with Crippen molar-refractivity contribution in [2.45, 2.75) is 31.5 Å². The van der Waals surface area contributed by atoms with Gasteiger partial charge in [-0.1, -0.05) is 103 Å². The van der Waals surface area contributed by atoms with E-state index in [0.29, 0.717) is 6.42 Å². The van der Waals surface area contributed by atoms with Crippen molar-refractivity contribution in [3.05, 3.63) is 113 Å². The summed E-state index contributed by atoms with van der Waals surface area (Å²) in [4.78, 5) is 15.2. The zero-order chi connectivity index (χ0) is 20.9. The van der Waals surface area contributed by atoms with E-state index in [1.54, 1.807) is 0 Å². The van der Waals surface area contributed by atoms with E-state index in [-0.39, 0.29) is 24.2 Å². The van der Waals surface area contributed by atoms with Crippen LogP contribution in [0.5, 0.6) is 0 Å². The van der Waals surface area contributed by atoms with Crippen LogP contribution in [0.3, 0.4) is 0 Å². The predicted molar refractivity (Wildman–Crippen MR) is 121 cm³/mol. The Balaban J connectivity index is 1.64. The van der Waals surface area contributed by atoms with E-state index in [0.717, 1.165) is 22.3 Å². The Bertz CT molecular complexity index is 999. The number of morpholine rings is 1. The summed E-state index contributed by atoms with van der Waals surface area (Å²) in [7, 11) is 2.04. The van der Waals surface area contributed by atoms with Gasteiger partial charge in [-0.25, -0.2) is 0 Å². The third-order valence-corrected chi connectivity index (χ3v) is 5.73. The Morgan fingerprint density at radius 1 is 0.867 bits per heavy atom. The smallest absolute Gasteiger partial charge is 0.324 e. The van der Waals surface area contributed by atoms with Crippen LogP contribution in [0.4, 0.5) is 0 Å². The molecule has 1 unspecified atom stereocenters. The average Bonchev–Trinajstić information content (AvgIpc) is 2.78. The third-order valence-electron chi connectivity index (χ3n) is 5.73. The Labute approximate surface area is 178 Å². The van der Waals surface area contributed by atoms with Crippen LogP contribution in [0.2, 0.25) is 0 Å². The van der Waals surface area contributed by atoms with Crippen LogP contribution in [0.1, 0.15) is 42.2 Å². The fourth-order valence-electron chi connectivity index (χ4n) is 4.22. The minimum absolute atomic E-state index is 0.0409. The highest BCUT2D eigenvalue weighted by molar-refractivity contribution is 5.78. The van der Waals surface area contributed by atoms with Crippen molar-refractivity contribution in [3.63, 3.8) is 0 Å². The molecule has 3 heteroatoms. The molecule has 1 saturated heterocycles. The first-order chi connectivity index (χ1) is 14.6. The molecule has 0 bridgehead atoms. The maximum Gasteiger partial charge on any atom is 0.324 e. The first-order valence-corrected chi connectivity index (χ1v) is 10.4. The van der Waals surface area contributed by atoms with Crippen molar-refractivity contribution in [3.8, 4) is 0 Å². The summed E-state index contributed by atoms with van der Waals surface area (Å²) in [6.07, 6.45) is 2.44. The Kier molecular flexibility index (Phi) is 6.10. The number of likely N-dealkylation sites (N-methyl/N-ethyl adjacent to an activating group) is 1. The highest BCUT2D eigenvalue weighted by Gasteiger charge is 2.43. The van der Waals surface area contributed by atoms with E-state index < -0.39 is 0 Å². The van der Waals surface area contributed by atoms with Gasteiger partial charge in [-0.15, -0.1) is 0 Å². The molecule has 4 rings (SSSR count). The lowest BCUT2D eigenvalue weighted by Crippen LogP contribution is -2.49. The van der Waals surface area contributed by atoms with Crippen LogP contribution >= 0.6 is 0 Å². The van der Waals surface area contributed by atoms with Gasteiger partial charge in [0.05, 0.1) is 6.04 Å². The van der Waals surface area contributed by atoms with Crippen LogP contribution in [-0.4, -0.2) is 24.0 Å². The molecular formula is C27H27NO2. The summed E-state index contributed by atoms with van der Waals surface area (Å²) in [5, 5.41) is 0. The summed E-state index contributed by atoms with van der Waals surface area (Å²) in [5.41, 5.74) is 4.46. The normalized spacial score (nSPS) is 22.5. The molecule has 0 spiro atoms. The second-order valence-corrected chi connectivity index (χ2v) is 7.91. The predicted octanol–water partition coefficient (Wildman–Crippen LogP) is 5.82. The van der Waals surface area contributed by atoms with Gasteiger partial charge >= 0.3 is 5.97 Å². The lowest BCUT2D eigenvalue weighted by Gasteiger charge is -2.43. The molecule has 1 aliphatic rings. The van der Waals surface area contributed by atoms with E-state index in [1.807, 2.05) is 73.8 Å². The number of carbonyl (C=O) groups is 1. The van der Waals surface area contributed by atoms with E-state index in [1.165, 1.54) is 0 Å². The van der Waals surface area contributed by atoms with Gasteiger partial charge in [0, 0.05) is 0 Å². The molecule has 0 saturated carbocycles.